The van der Waals surface area contributed by atoms with Crippen LogP contribution in [0.4, 0.5) is 4.79 Å². The lowest BCUT2D eigenvalue weighted by Crippen LogP contribution is -2.34. The fraction of sp³-hybridized carbons (Fsp3) is 0.250. The normalized spacial score (nSPS) is 10.9. The summed E-state index contributed by atoms with van der Waals surface area (Å²) >= 11 is 6.44. The summed E-state index contributed by atoms with van der Waals surface area (Å²) in [6, 6.07) is 9.70. The summed E-state index contributed by atoms with van der Waals surface area (Å²) in [5, 5.41) is 8.59. The third-order valence-corrected chi connectivity index (χ3v) is 5.66. The number of nitrogens with zero attached hydrogens (tertiary/aromatic N) is 5. The van der Waals surface area contributed by atoms with Crippen molar-refractivity contribution in [3.05, 3.63) is 70.8 Å². The lowest BCUT2D eigenvalue weighted by molar-refractivity contribution is 0.217. The number of benzene rings is 1. The molecule has 3 heterocycles. The van der Waals surface area contributed by atoms with Gasteiger partial charge in [0.05, 0.1) is 10.7 Å². The molecule has 9 heteroatoms. The van der Waals surface area contributed by atoms with Gasteiger partial charge in [0.1, 0.15) is 17.9 Å². The van der Waals surface area contributed by atoms with E-state index in [9.17, 15) is 4.79 Å². The molecule has 0 radical (unpaired) electrons. The van der Waals surface area contributed by atoms with Gasteiger partial charge in [-0.25, -0.2) is 9.78 Å². The van der Waals surface area contributed by atoms with Gasteiger partial charge in [0.15, 0.2) is 0 Å². The van der Waals surface area contributed by atoms with Crippen LogP contribution in [0.1, 0.15) is 16.8 Å². The van der Waals surface area contributed by atoms with Crippen molar-refractivity contribution in [2.45, 2.75) is 20.1 Å². The molecule has 1 aromatic carbocycles. The number of halogens is 1. The maximum absolute atomic E-state index is 11.9. The van der Waals surface area contributed by atoms with Gasteiger partial charge in [0, 0.05) is 68.5 Å². The van der Waals surface area contributed by atoms with Crippen LogP contribution in [-0.4, -0.2) is 44.8 Å². The average molecular weight is 465 g/mol. The minimum absolute atomic E-state index is 0.196. The molecule has 0 spiro atoms. The molecule has 0 atom stereocenters. The number of hydrogen-bond donors (Lipinski definition) is 1. The second kappa shape index (κ2) is 9.46. The second-order valence-electron chi connectivity index (χ2n) is 7.90. The van der Waals surface area contributed by atoms with Crippen LogP contribution in [0.3, 0.4) is 0 Å². The molecule has 170 valence electrons. The number of aromatic nitrogens is 4. The Labute approximate surface area is 197 Å². The van der Waals surface area contributed by atoms with Crippen LogP contribution in [-0.2, 0) is 20.2 Å². The maximum Gasteiger partial charge on any atom is 0.317 e. The largest absolute Gasteiger partial charge is 0.487 e. The van der Waals surface area contributed by atoms with Gasteiger partial charge in [0.25, 0.3) is 0 Å². The smallest absolute Gasteiger partial charge is 0.317 e. The molecule has 2 amide bonds. The standard InChI is InChI=1S/C24H25ClN6O2/c1-15-10-18(21-8-9-28-31(21)4)17-6-5-7-22(23(17)29-15)33-14-19-16(11-26-13-20(19)25)12-27-24(32)30(2)3/h5-11,13H,12,14H2,1-4H3,(H,27,32). The average Bonchev–Trinajstić information content (AvgIpc) is 3.21. The Morgan fingerprint density at radius 3 is 2.79 bits per heavy atom. The van der Waals surface area contributed by atoms with Crippen molar-refractivity contribution in [1.29, 1.82) is 0 Å². The number of carbonyl (C=O) groups is 1. The molecular formula is C24H25ClN6O2. The zero-order valence-corrected chi connectivity index (χ0v) is 19.7. The molecule has 4 aromatic rings. The molecule has 1 N–H and O–H groups in total. The molecular weight excluding hydrogens is 440 g/mol. The predicted molar refractivity (Wildman–Crippen MR) is 128 cm³/mol. The third-order valence-electron chi connectivity index (χ3n) is 5.33. The summed E-state index contributed by atoms with van der Waals surface area (Å²) in [6.07, 6.45) is 5.04. The summed E-state index contributed by atoms with van der Waals surface area (Å²) in [4.78, 5) is 22.3. The van der Waals surface area contributed by atoms with Crippen molar-refractivity contribution < 1.29 is 9.53 Å². The minimum Gasteiger partial charge on any atom is -0.487 e. The van der Waals surface area contributed by atoms with Crippen LogP contribution in [0.2, 0.25) is 5.02 Å². The molecule has 8 nitrogen and oxygen atoms in total. The van der Waals surface area contributed by atoms with Crippen LogP contribution >= 0.6 is 11.6 Å². The number of urea groups is 1. The number of fused-ring (bicyclic) bond motifs is 1. The maximum atomic E-state index is 11.9. The Bertz CT molecular complexity index is 1320. The molecule has 0 saturated heterocycles. The fourth-order valence-corrected chi connectivity index (χ4v) is 3.84. The number of aryl methyl sites for hydroxylation is 2. The number of para-hydroxylation sites is 1. The fourth-order valence-electron chi connectivity index (χ4n) is 3.61. The zero-order chi connectivity index (χ0) is 23.5. The topological polar surface area (TPSA) is 85.2 Å². The Kier molecular flexibility index (Phi) is 6.46. The highest BCUT2D eigenvalue weighted by atomic mass is 35.5. The van der Waals surface area contributed by atoms with Gasteiger partial charge in [-0.3, -0.25) is 9.67 Å². The second-order valence-corrected chi connectivity index (χ2v) is 8.31. The highest BCUT2D eigenvalue weighted by molar-refractivity contribution is 6.31. The van der Waals surface area contributed by atoms with Gasteiger partial charge in [-0.15, -0.1) is 0 Å². The number of carbonyl (C=O) groups excluding carboxylic acids is 1. The summed E-state index contributed by atoms with van der Waals surface area (Å²) in [5.74, 6) is 0.649. The van der Waals surface area contributed by atoms with Crippen LogP contribution in [0.25, 0.3) is 22.2 Å². The molecule has 4 rings (SSSR count). The highest BCUT2D eigenvalue weighted by Gasteiger charge is 2.15. The van der Waals surface area contributed by atoms with Crippen molar-refractivity contribution in [3.63, 3.8) is 0 Å². The zero-order valence-electron chi connectivity index (χ0n) is 19.0. The molecule has 0 aliphatic carbocycles. The van der Waals surface area contributed by atoms with E-state index in [1.165, 1.54) is 4.90 Å². The number of rotatable bonds is 6. The van der Waals surface area contributed by atoms with Gasteiger partial charge in [-0.1, -0.05) is 23.7 Å². The van der Waals surface area contributed by atoms with Gasteiger partial charge < -0.3 is 15.0 Å². The van der Waals surface area contributed by atoms with Crippen molar-refractivity contribution >= 4 is 28.5 Å². The first-order chi connectivity index (χ1) is 15.8. The molecule has 0 aliphatic heterocycles. The number of ether oxygens (including phenoxy) is 1. The minimum atomic E-state index is -0.196. The van der Waals surface area contributed by atoms with Gasteiger partial charge >= 0.3 is 6.03 Å². The molecule has 0 saturated carbocycles. The third kappa shape index (κ3) is 4.75. The van der Waals surface area contributed by atoms with Crippen LogP contribution < -0.4 is 10.1 Å². The first-order valence-electron chi connectivity index (χ1n) is 10.4. The Balaban J connectivity index is 1.66. The van der Waals surface area contributed by atoms with E-state index in [0.29, 0.717) is 17.3 Å². The first kappa shape index (κ1) is 22.5. The highest BCUT2D eigenvalue weighted by Crippen LogP contribution is 2.33. The van der Waals surface area contributed by atoms with E-state index in [1.54, 1.807) is 32.7 Å². The van der Waals surface area contributed by atoms with E-state index in [-0.39, 0.29) is 12.6 Å². The number of nitrogens with one attached hydrogen (secondary N) is 1. The molecule has 0 bridgehead atoms. The van der Waals surface area contributed by atoms with Crippen LogP contribution in [0.15, 0.2) is 48.9 Å². The summed E-state index contributed by atoms with van der Waals surface area (Å²) in [7, 11) is 5.29. The summed E-state index contributed by atoms with van der Waals surface area (Å²) in [5.41, 5.74) is 5.24. The van der Waals surface area contributed by atoms with E-state index in [0.717, 1.165) is 39.0 Å². The van der Waals surface area contributed by atoms with Crippen molar-refractivity contribution in [3.8, 4) is 17.0 Å². The van der Waals surface area contributed by atoms with E-state index < -0.39 is 0 Å². The molecule has 0 fully saturated rings. The lowest BCUT2D eigenvalue weighted by atomic mass is 10.0. The van der Waals surface area contributed by atoms with Gasteiger partial charge in [-0.2, -0.15) is 5.10 Å². The van der Waals surface area contributed by atoms with Gasteiger partial charge in [0.2, 0.25) is 0 Å². The monoisotopic (exact) mass is 464 g/mol. The quantitative estimate of drug-likeness (QED) is 0.458. The number of amides is 2. The first-order valence-corrected chi connectivity index (χ1v) is 10.8. The Morgan fingerprint density at radius 1 is 1.24 bits per heavy atom. The van der Waals surface area contributed by atoms with E-state index >= 15 is 0 Å². The Morgan fingerprint density at radius 2 is 2.06 bits per heavy atom. The van der Waals surface area contributed by atoms with Crippen molar-refractivity contribution in [1.82, 2.24) is 30.0 Å². The van der Waals surface area contributed by atoms with E-state index in [4.69, 9.17) is 21.3 Å². The molecule has 3 aromatic heterocycles. The number of hydrogen-bond acceptors (Lipinski definition) is 5. The predicted octanol–water partition coefficient (Wildman–Crippen LogP) is 4.34. The number of pyridine rings is 2. The summed E-state index contributed by atoms with van der Waals surface area (Å²) < 4.78 is 8.06. The molecule has 33 heavy (non-hydrogen) atoms. The van der Waals surface area contributed by atoms with E-state index in [2.05, 4.69) is 15.4 Å². The van der Waals surface area contributed by atoms with Crippen molar-refractivity contribution in [2.75, 3.05) is 14.1 Å². The molecule has 0 unspecified atom stereocenters. The van der Waals surface area contributed by atoms with E-state index in [1.807, 2.05) is 49.0 Å². The van der Waals surface area contributed by atoms with Crippen LogP contribution in [0, 0.1) is 6.92 Å². The van der Waals surface area contributed by atoms with Crippen LogP contribution in [0.5, 0.6) is 5.75 Å². The Hall–Kier alpha value is -3.65. The lowest BCUT2D eigenvalue weighted by Gasteiger charge is -2.16. The summed E-state index contributed by atoms with van der Waals surface area (Å²) in [6.45, 7) is 2.46. The molecule has 0 aliphatic rings. The SMILES string of the molecule is Cc1cc(-c2ccnn2C)c2cccc(OCc3c(Cl)cncc3CNC(=O)N(C)C)c2n1. The van der Waals surface area contributed by atoms with Gasteiger partial charge in [-0.05, 0) is 30.7 Å². The van der Waals surface area contributed by atoms with Crippen molar-refractivity contribution in [2.24, 2.45) is 7.05 Å².